The topological polar surface area (TPSA) is 63.2 Å². The van der Waals surface area contributed by atoms with Crippen LogP contribution in [0.1, 0.15) is 45.2 Å². The van der Waals surface area contributed by atoms with Gasteiger partial charge < -0.3 is 15.4 Å². The van der Waals surface area contributed by atoms with E-state index in [2.05, 4.69) is 29.5 Å². The van der Waals surface area contributed by atoms with Crippen LogP contribution in [0.15, 0.2) is 30.5 Å². The number of carbonyl (C=O) groups is 1. The first-order valence-electron chi connectivity index (χ1n) is 11.9. The van der Waals surface area contributed by atoms with Crippen LogP contribution in [0, 0.1) is 17.7 Å². The number of Topliss-reactive ketones (excluding diaryl/α,β-unsaturated/α-hetero) is 1. The molecule has 0 amide bonds. The molecule has 2 atom stereocenters. The summed E-state index contributed by atoms with van der Waals surface area (Å²) in [6.07, 6.45) is 5.70. The molecule has 7 heteroatoms. The smallest absolute Gasteiger partial charge is 0.146 e. The summed E-state index contributed by atoms with van der Waals surface area (Å²) < 4.78 is 20.4. The molecule has 2 aliphatic heterocycles. The van der Waals surface area contributed by atoms with Crippen LogP contribution in [0.3, 0.4) is 0 Å². The summed E-state index contributed by atoms with van der Waals surface area (Å²) in [5.41, 5.74) is 2.55. The van der Waals surface area contributed by atoms with Crippen molar-refractivity contribution >= 4 is 23.1 Å². The van der Waals surface area contributed by atoms with Crippen molar-refractivity contribution in [1.82, 2.24) is 10.3 Å². The van der Waals surface area contributed by atoms with E-state index in [9.17, 15) is 9.18 Å². The summed E-state index contributed by atoms with van der Waals surface area (Å²) in [6, 6.07) is 6.82. The highest BCUT2D eigenvalue weighted by Crippen LogP contribution is 2.33. The van der Waals surface area contributed by atoms with Crippen molar-refractivity contribution in [2.45, 2.75) is 51.6 Å². The Morgan fingerprint density at radius 1 is 1.33 bits per heavy atom. The molecule has 0 radical (unpaired) electrons. The standard InChI is InChI=1S/C26H33ClFN3O2/c1-26(2)13-17(7-9-33-26)14-31-24-10-18(5-6-23(24)28)21-11-20(30-16-22(21)27)12-25(32)19-4-3-8-29-15-19/h5-6,10-11,16-17,19,29,31H,3-4,7-9,12-15H2,1-2H3/t17-,19+/m0/s1. The number of piperidine rings is 1. The maximum Gasteiger partial charge on any atom is 0.146 e. The molecule has 0 saturated carbocycles. The summed E-state index contributed by atoms with van der Waals surface area (Å²) in [6.45, 7) is 7.31. The van der Waals surface area contributed by atoms with Gasteiger partial charge >= 0.3 is 0 Å². The van der Waals surface area contributed by atoms with Crippen LogP contribution in [0.4, 0.5) is 10.1 Å². The molecule has 3 heterocycles. The number of ketones is 1. The number of ether oxygens (including phenoxy) is 1. The fourth-order valence-corrected chi connectivity index (χ4v) is 5.08. The Morgan fingerprint density at radius 2 is 2.18 bits per heavy atom. The monoisotopic (exact) mass is 473 g/mol. The number of nitrogens with one attached hydrogen (secondary N) is 2. The highest BCUT2D eigenvalue weighted by Gasteiger charge is 2.28. The minimum absolute atomic E-state index is 0.0384. The molecule has 2 N–H and O–H groups in total. The second-order valence-corrected chi connectivity index (χ2v) is 10.3. The lowest BCUT2D eigenvalue weighted by Crippen LogP contribution is -2.36. The van der Waals surface area contributed by atoms with E-state index in [1.165, 1.54) is 6.07 Å². The normalized spacial score (nSPS) is 22.7. The Labute approximate surface area is 200 Å². The van der Waals surface area contributed by atoms with Gasteiger partial charge in [-0.15, -0.1) is 0 Å². The van der Waals surface area contributed by atoms with E-state index in [-0.39, 0.29) is 29.5 Å². The molecular formula is C26H33ClFN3O2. The maximum atomic E-state index is 14.6. The lowest BCUT2D eigenvalue weighted by molar-refractivity contribution is -0.122. The number of nitrogens with zero attached hydrogens (tertiary/aromatic N) is 1. The van der Waals surface area contributed by atoms with Crippen LogP contribution >= 0.6 is 11.6 Å². The third-order valence-corrected chi connectivity index (χ3v) is 6.98. The highest BCUT2D eigenvalue weighted by atomic mass is 35.5. The number of pyridine rings is 1. The molecule has 1 aromatic heterocycles. The van der Waals surface area contributed by atoms with Crippen LogP contribution < -0.4 is 10.6 Å². The molecule has 2 aromatic rings. The predicted octanol–water partition coefficient (Wildman–Crippen LogP) is 5.27. The number of carbonyl (C=O) groups excluding carboxylic acids is 1. The van der Waals surface area contributed by atoms with Gasteiger partial charge in [0.2, 0.25) is 0 Å². The quantitative estimate of drug-likeness (QED) is 0.573. The number of rotatable bonds is 7. The number of halogens is 2. The van der Waals surface area contributed by atoms with Crippen molar-refractivity contribution in [3.8, 4) is 11.1 Å². The molecular weight excluding hydrogens is 441 g/mol. The Hall–Kier alpha value is -2.02. The van der Waals surface area contributed by atoms with Gasteiger partial charge in [-0.1, -0.05) is 17.7 Å². The second kappa shape index (κ2) is 10.5. The fourth-order valence-electron chi connectivity index (χ4n) is 4.86. The van der Waals surface area contributed by atoms with Crippen molar-refractivity contribution in [2.75, 3.05) is 31.6 Å². The SMILES string of the molecule is CC1(C)C[C@@H](CNc2cc(-c3cc(CC(=O)[C@@H]4CCCNC4)ncc3Cl)ccc2F)CCO1. The first-order chi connectivity index (χ1) is 15.8. The third kappa shape index (κ3) is 6.31. The molecule has 5 nitrogen and oxygen atoms in total. The van der Waals surface area contributed by atoms with Crippen molar-refractivity contribution in [3.63, 3.8) is 0 Å². The third-order valence-electron chi connectivity index (χ3n) is 6.68. The molecule has 1 aromatic carbocycles. The number of aromatic nitrogens is 1. The van der Waals surface area contributed by atoms with Crippen LogP contribution in [-0.4, -0.2) is 42.6 Å². The Morgan fingerprint density at radius 3 is 2.94 bits per heavy atom. The maximum absolute atomic E-state index is 14.6. The number of hydrogen-bond acceptors (Lipinski definition) is 5. The van der Waals surface area contributed by atoms with Crippen LogP contribution in [0.2, 0.25) is 5.02 Å². The van der Waals surface area contributed by atoms with Gasteiger partial charge in [0.05, 0.1) is 16.3 Å². The second-order valence-electron chi connectivity index (χ2n) is 9.88. The first-order valence-corrected chi connectivity index (χ1v) is 12.2. The minimum Gasteiger partial charge on any atom is -0.382 e. The predicted molar refractivity (Wildman–Crippen MR) is 130 cm³/mol. The molecule has 0 spiro atoms. The first kappa shape index (κ1) is 24.1. The van der Waals surface area contributed by atoms with E-state index < -0.39 is 0 Å². The highest BCUT2D eigenvalue weighted by molar-refractivity contribution is 6.33. The molecule has 2 aliphatic rings. The average molecular weight is 474 g/mol. The summed E-state index contributed by atoms with van der Waals surface area (Å²) in [5, 5.41) is 7.06. The molecule has 0 unspecified atom stereocenters. The van der Waals surface area contributed by atoms with Gasteiger partial charge in [-0.3, -0.25) is 9.78 Å². The molecule has 0 bridgehead atoms. The lowest BCUT2D eigenvalue weighted by Gasteiger charge is -2.35. The summed E-state index contributed by atoms with van der Waals surface area (Å²) in [4.78, 5) is 17.1. The van der Waals surface area contributed by atoms with E-state index in [4.69, 9.17) is 16.3 Å². The van der Waals surface area contributed by atoms with Gasteiger partial charge in [0, 0.05) is 49.5 Å². The van der Waals surface area contributed by atoms with Gasteiger partial charge in [-0.05, 0) is 75.8 Å². The van der Waals surface area contributed by atoms with Crippen LogP contribution in [-0.2, 0) is 16.0 Å². The van der Waals surface area contributed by atoms with Crippen LogP contribution in [0.5, 0.6) is 0 Å². The van der Waals surface area contributed by atoms with E-state index in [1.807, 2.05) is 6.07 Å². The molecule has 33 heavy (non-hydrogen) atoms. The van der Waals surface area contributed by atoms with Crippen LogP contribution in [0.25, 0.3) is 11.1 Å². The van der Waals surface area contributed by atoms with E-state index in [1.54, 1.807) is 18.3 Å². The van der Waals surface area contributed by atoms with Gasteiger partial charge in [0.15, 0.2) is 0 Å². The fraction of sp³-hybridized carbons (Fsp3) is 0.538. The zero-order valence-corrected chi connectivity index (χ0v) is 20.2. The lowest BCUT2D eigenvalue weighted by atomic mass is 9.88. The summed E-state index contributed by atoms with van der Waals surface area (Å²) in [7, 11) is 0. The largest absolute Gasteiger partial charge is 0.382 e. The van der Waals surface area contributed by atoms with E-state index in [0.29, 0.717) is 28.9 Å². The molecule has 0 aliphatic carbocycles. The minimum atomic E-state index is -0.296. The number of anilines is 1. The number of benzene rings is 1. The zero-order chi connectivity index (χ0) is 23.4. The van der Waals surface area contributed by atoms with Crippen molar-refractivity contribution < 1.29 is 13.9 Å². The van der Waals surface area contributed by atoms with E-state index in [0.717, 1.165) is 56.5 Å². The molecule has 4 rings (SSSR count). The summed E-state index contributed by atoms with van der Waals surface area (Å²) in [5.74, 6) is 0.365. The van der Waals surface area contributed by atoms with Gasteiger partial charge in [-0.25, -0.2) is 4.39 Å². The number of hydrogen-bond donors (Lipinski definition) is 2. The van der Waals surface area contributed by atoms with Gasteiger partial charge in [0.25, 0.3) is 0 Å². The Bertz CT molecular complexity index is 991. The molecule has 2 fully saturated rings. The van der Waals surface area contributed by atoms with Crippen molar-refractivity contribution in [2.24, 2.45) is 11.8 Å². The Kier molecular flexibility index (Phi) is 7.67. The van der Waals surface area contributed by atoms with Gasteiger partial charge in [-0.2, -0.15) is 0 Å². The molecule has 2 saturated heterocycles. The van der Waals surface area contributed by atoms with Crippen molar-refractivity contribution in [1.29, 1.82) is 0 Å². The van der Waals surface area contributed by atoms with Crippen molar-refractivity contribution in [3.05, 3.63) is 47.0 Å². The average Bonchev–Trinajstić information content (AvgIpc) is 2.80. The van der Waals surface area contributed by atoms with Gasteiger partial charge in [0.1, 0.15) is 11.6 Å². The van der Waals surface area contributed by atoms with E-state index >= 15 is 0 Å². The summed E-state index contributed by atoms with van der Waals surface area (Å²) >= 11 is 6.45. The molecule has 178 valence electrons. The zero-order valence-electron chi connectivity index (χ0n) is 19.4. The Balaban J connectivity index is 1.48.